The summed E-state index contributed by atoms with van der Waals surface area (Å²) in [5.74, 6) is 2.94. The standard InChI is InChI=1S/C18H29N5O2/c1-21-16(12-22-9-6-15(24)7-10-22)19-20-17(21)14-3-2-8-23(11-14)18(25)13-4-5-13/h13-15,24H,2-12H2,1H3/t14-/m0/s1. The van der Waals surface area contributed by atoms with E-state index in [1.165, 1.54) is 0 Å². The monoisotopic (exact) mass is 347 g/mol. The number of nitrogens with zero attached hydrogens (tertiary/aromatic N) is 5. The van der Waals surface area contributed by atoms with Crippen molar-refractivity contribution in [2.75, 3.05) is 26.2 Å². The average Bonchev–Trinajstić information content (AvgIpc) is 3.41. The lowest BCUT2D eigenvalue weighted by Gasteiger charge is -2.32. The molecule has 1 aromatic rings. The Morgan fingerprint density at radius 1 is 1.12 bits per heavy atom. The molecule has 25 heavy (non-hydrogen) atoms. The first kappa shape index (κ1) is 17.0. The predicted octanol–water partition coefficient (Wildman–Crippen LogP) is 0.888. The highest BCUT2D eigenvalue weighted by molar-refractivity contribution is 5.81. The van der Waals surface area contributed by atoms with E-state index in [9.17, 15) is 9.90 Å². The maximum Gasteiger partial charge on any atom is 0.225 e. The van der Waals surface area contributed by atoms with Gasteiger partial charge in [0.25, 0.3) is 0 Å². The molecule has 7 heteroatoms. The Hall–Kier alpha value is -1.47. The highest BCUT2D eigenvalue weighted by Crippen LogP contribution is 2.34. The number of hydrogen-bond donors (Lipinski definition) is 1. The first-order valence-corrected chi connectivity index (χ1v) is 9.69. The highest BCUT2D eigenvalue weighted by atomic mass is 16.3. The number of amides is 1. The van der Waals surface area contributed by atoms with Crippen LogP contribution in [-0.4, -0.2) is 67.9 Å². The van der Waals surface area contributed by atoms with Gasteiger partial charge in [0.1, 0.15) is 11.6 Å². The summed E-state index contributed by atoms with van der Waals surface area (Å²) in [6, 6.07) is 0. The van der Waals surface area contributed by atoms with Crippen LogP contribution in [0.5, 0.6) is 0 Å². The number of carbonyl (C=O) groups excluding carboxylic acids is 1. The molecule has 1 aliphatic carbocycles. The number of rotatable bonds is 4. The lowest BCUT2D eigenvalue weighted by Crippen LogP contribution is -2.40. The van der Waals surface area contributed by atoms with Crippen LogP contribution in [-0.2, 0) is 18.4 Å². The van der Waals surface area contributed by atoms with Gasteiger partial charge in [-0.2, -0.15) is 0 Å². The van der Waals surface area contributed by atoms with Crippen molar-refractivity contribution < 1.29 is 9.90 Å². The number of piperidine rings is 2. The smallest absolute Gasteiger partial charge is 0.225 e. The molecule has 0 aromatic carbocycles. The van der Waals surface area contributed by atoms with Crippen LogP contribution in [0.15, 0.2) is 0 Å². The van der Waals surface area contributed by atoms with Crippen LogP contribution < -0.4 is 0 Å². The fraction of sp³-hybridized carbons (Fsp3) is 0.833. The molecule has 1 atom stereocenters. The zero-order valence-corrected chi connectivity index (χ0v) is 15.1. The topological polar surface area (TPSA) is 74.5 Å². The van der Waals surface area contributed by atoms with Gasteiger partial charge in [0.15, 0.2) is 0 Å². The molecule has 1 saturated carbocycles. The molecule has 1 N–H and O–H groups in total. The van der Waals surface area contributed by atoms with Gasteiger partial charge in [0.05, 0.1) is 12.6 Å². The third-order valence-electron chi connectivity index (χ3n) is 5.95. The maximum absolute atomic E-state index is 12.4. The Kier molecular flexibility index (Phi) is 4.78. The SMILES string of the molecule is Cn1c(CN2CCC(O)CC2)nnc1[C@H]1CCCN(C(=O)C2CC2)C1. The Morgan fingerprint density at radius 2 is 1.88 bits per heavy atom. The van der Waals surface area contributed by atoms with Crippen molar-refractivity contribution in [1.82, 2.24) is 24.6 Å². The van der Waals surface area contributed by atoms with Crippen molar-refractivity contribution >= 4 is 5.91 Å². The number of aliphatic hydroxyl groups excluding tert-OH is 1. The third kappa shape index (κ3) is 3.72. The van der Waals surface area contributed by atoms with Crippen LogP contribution in [0.4, 0.5) is 0 Å². The Bertz CT molecular complexity index is 619. The van der Waals surface area contributed by atoms with Gasteiger partial charge in [-0.3, -0.25) is 9.69 Å². The van der Waals surface area contributed by atoms with Crippen molar-refractivity contribution in [3.63, 3.8) is 0 Å². The van der Waals surface area contributed by atoms with Crippen molar-refractivity contribution in [2.45, 2.75) is 57.1 Å². The van der Waals surface area contributed by atoms with Crippen LogP contribution in [0.2, 0.25) is 0 Å². The summed E-state index contributed by atoms with van der Waals surface area (Å²) in [5.41, 5.74) is 0. The van der Waals surface area contributed by atoms with Gasteiger partial charge >= 0.3 is 0 Å². The van der Waals surface area contributed by atoms with Crippen LogP contribution >= 0.6 is 0 Å². The molecule has 138 valence electrons. The molecule has 3 heterocycles. The Morgan fingerprint density at radius 3 is 2.60 bits per heavy atom. The molecule has 3 aliphatic rings. The van der Waals surface area contributed by atoms with Gasteiger partial charge in [-0.25, -0.2) is 0 Å². The first-order chi connectivity index (χ1) is 12.1. The summed E-state index contributed by atoms with van der Waals surface area (Å²) in [7, 11) is 2.05. The molecule has 0 unspecified atom stereocenters. The van der Waals surface area contributed by atoms with Crippen LogP contribution in [0.25, 0.3) is 0 Å². The highest BCUT2D eigenvalue weighted by Gasteiger charge is 2.36. The number of aliphatic hydroxyl groups is 1. The van der Waals surface area contributed by atoms with Crippen molar-refractivity contribution in [3.8, 4) is 0 Å². The molecule has 0 bridgehead atoms. The van der Waals surface area contributed by atoms with Crippen molar-refractivity contribution in [3.05, 3.63) is 11.6 Å². The number of likely N-dealkylation sites (tertiary alicyclic amines) is 2. The van der Waals surface area contributed by atoms with E-state index in [-0.39, 0.29) is 6.10 Å². The van der Waals surface area contributed by atoms with Gasteiger partial charge < -0.3 is 14.6 Å². The van der Waals surface area contributed by atoms with Gasteiger partial charge in [0.2, 0.25) is 5.91 Å². The summed E-state index contributed by atoms with van der Waals surface area (Å²) in [6.07, 6.45) is 5.80. The van der Waals surface area contributed by atoms with Crippen molar-refractivity contribution in [2.24, 2.45) is 13.0 Å². The minimum Gasteiger partial charge on any atom is -0.393 e. The van der Waals surface area contributed by atoms with Crippen LogP contribution in [0, 0.1) is 5.92 Å². The zero-order chi connectivity index (χ0) is 17.4. The molecule has 2 aliphatic heterocycles. The maximum atomic E-state index is 12.4. The molecule has 2 saturated heterocycles. The summed E-state index contributed by atoms with van der Waals surface area (Å²) in [4.78, 5) is 16.8. The van der Waals surface area contributed by atoms with Gasteiger partial charge in [0, 0.05) is 45.1 Å². The third-order valence-corrected chi connectivity index (χ3v) is 5.95. The minimum atomic E-state index is -0.150. The average molecular weight is 347 g/mol. The molecule has 7 nitrogen and oxygen atoms in total. The normalized spacial score (nSPS) is 26.2. The van der Waals surface area contributed by atoms with E-state index >= 15 is 0 Å². The van der Waals surface area contributed by atoms with Gasteiger partial charge in [-0.15, -0.1) is 10.2 Å². The first-order valence-electron chi connectivity index (χ1n) is 9.69. The van der Waals surface area contributed by atoms with Crippen molar-refractivity contribution in [1.29, 1.82) is 0 Å². The molecular formula is C18H29N5O2. The minimum absolute atomic E-state index is 0.150. The quantitative estimate of drug-likeness (QED) is 0.875. The molecule has 3 fully saturated rings. The Balaban J connectivity index is 1.40. The summed E-state index contributed by atoms with van der Waals surface area (Å²) >= 11 is 0. The van der Waals surface area contributed by atoms with Crippen LogP contribution in [0.3, 0.4) is 0 Å². The summed E-state index contributed by atoms with van der Waals surface area (Å²) in [6.45, 7) is 4.30. The van der Waals surface area contributed by atoms with E-state index in [4.69, 9.17) is 0 Å². The zero-order valence-electron chi connectivity index (χ0n) is 15.1. The predicted molar refractivity (Wildman–Crippen MR) is 92.8 cm³/mol. The lowest BCUT2D eigenvalue weighted by molar-refractivity contribution is -0.133. The number of aromatic nitrogens is 3. The van der Waals surface area contributed by atoms with E-state index < -0.39 is 0 Å². The fourth-order valence-corrected chi connectivity index (χ4v) is 4.12. The summed E-state index contributed by atoms with van der Waals surface area (Å²) < 4.78 is 2.13. The van der Waals surface area contributed by atoms with E-state index in [0.717, 1.165) is 82.9 Å². The number of carbonyl (C=O) groups is 1. The fourth-order valence-electron chi connectivity index (χ4n) is 4.12. The van der Waals surface area contributed by atoms with Gasteiger partial charge in [-0.1, -0.05) is 0 Å². The van der Waals surface area contributed by atoms with Crippen LogP contribution in [0.1, 0.15) is 56.1 Å². The van der Waals surface area contributed by atoms with E-state index in [0.29, 0.717) is 17.7 Å². The molecule has 1 aromatic heterocycles. The van der Waals surface area contributed by atoms with E-state index in [2.05, 4.69) is 19.7 Å². The molecule has 4 rings (SSSR count). The molecule has 0 spiro atoms. The second kappa shape index (κ2) is 7.03. The molecular weight excluding hydrogens is 318 g/mol. The Labute approximate surface area is 149 Å². The van der Waals surface area contributed by atoms with E-state index in [1.54, 1.807) is 0 Å². The molecule has 1 amide bonds. The van der Waals surface area contributed by atoms with E-state index in [1.807, 2.05) is 11.9 Å². The molecule has 0 radical (unpaired) electrons. The second-order valence-electron chi connectivity index (χ2n) is 7.94. The lowest BCUT2D eigenvalue weighted by atomic mass is 9.96. The second-order valence-corrected chi connectivity index (χ2v) is 7.94. The van der Waals surface area contributed by atoms with Gasteiger partial charge in [-0.05, 0) is 38.5 Å². The largest absolute Gasteiger partial charge is 0.393 e. The number of hydrogen-bond acceptors (Lipinski definition) is 5. The summed E-state index contributed by atoms with van der Waals surface area (Å²) in [5, 5.41) is 18.5.